The van der Waals surface area contributed by atoms with E-state index in [1.807, 2.05) is 19.1 Å². The van der Waals surface area contributed by atoms with Gasteiger partial charge in [-0.25, -0.2) is 9.78 Å². The third-order valence-corrected chi connectivity index (χ3v) is 4.33. The SMILES string of the molecule is CCc1nc(-c2cc(Br)ccc2Cl)sc1C(=O)O. The molecular formula is C12H9BrClNO2S. The van der Waals surface area contributed by atoms with E-state index in [4.69, 9.17) is 16.7 Å². The molecule has 1 heterocycles. The molecule has 2 aromatic rings. The standard InChI is InChI=1S/C12H9BrClNO2S/c1-2-9-10(12(16)17)18-11(15-9)7-5-6(13)3-4-8(7)14/h3-5H,2H2,1H3,(H,16,17). The van der Waals surface area contributed by atoms with Crippen LogP contribution in [-0.2, 0) is 6.42 Å². The Bertz CT molecular complexity index is 612. The fourth-order valence-corrected chi connectivity index (χ4v) is 3.18. The molecule has 94 valence electrons. The highest BCUT2D eigenvalue weighted by Gasteiger charge is 2.18. The van der Waals surface area contributed by atoms with E-state index in [-0.39, 0.29) is 4.88 Å². The first-order valence-corrected chi connectivity index (χ1v) is 7.20. The fourth-order valence-electron chi connectivity index (χ4n) is 1.54. The molecule has 1 aromatic heterocycles. The number of carbonyl (C=O) groups is 1. The molecule has 0 bridgehead atoms. The number of benzene rings is 1. The van der Waals surface area contributed by atoms with Gasteiger partial charge in [0.05, 0.1) is 10.7 Å². The summed E-state index contributed by atoms with van der Waals surface area (Å²) in [5, 5.41) is 10.3. The van der Waals surface area contributed by atoms with Gasteiger partial charge < -0.3 is 5.11 Å². The summed E-state index contributed by atoms with van der Waals surface area (Å²) in [6, 6.07) is 5.43. The summed E-state index contributed by atoms with van der Waals surface area (Å²) in [4.78, 5) is 15.7. The molecule has 0 amide bonds. The number of rotatable bonds is 3. The summed E-state index contributed by atoms with van der Waals surface area (Å²) in [7, 11) is 0. The zero-order valence-corrected chi connectivity index (χ0v) is 12.6. The molecule has 3 nitrogen and oxygen atoms in total. The van der Waals surface area contributed by atoms with Crippen LogP contribution in [0.1, 0.15) is 22.3 Å². The monoisotopic (exact) mass is 345 g/mol. The molecule has 1 N–H and O–H groups in total. The van der Waals surface area contributed by atoms with Gasteiger partial charge in [-0.2, -0.15) is 0 Å². The van der Waals surface area contributed by atoms with Gasteiger partial charge >= 0.3 is 5.97 Å². The van der Waals surface area contributed by atoms with Crippen LogP contribution in [0.3, 0.4) is 0 Å². The second kappa shape index (κ2) is 5.38. The molecule has 0 aliphatic heterocycles. The van der Waals surface area contributed by atoms with Crippen LogP contribution in [0, 0.1) is 0 Å². The van der Waals surface area contributed by atoms with Crippen LogP contribution in [0.25, 0.3) is 10.6 Å². The third-order valence-electron chi connectivity index (χ3n) is 2.39. The molecule has 0 saturated carbocycles. The highest BCUT2D eigenvalue weighted by atomic mass is 79.9. The third kappa shape index (κ3) is 2.58. The van der Waals surface area contributed by atoms with E-state index < -0.39 is 5.97 Å². The Kier molecular flexibility index (Phi) is 4.04. The van der Waals surface area contributed by atoms with E-state index in [0.717, 1.165) is 21.4 Å². The van der Waals surface area contributed by atoms with Crippen LogP contribution in [0.15, 0.2) is 22.7 Å². The van der Waals surface area contributed by atoms with Crippen LogP contribution in [-0.4, -0.2) is 16.1 Å². The molecular weight excluding hydrogens is 338 g/mol. The maximum absolute atomic E-state index is 11.1. The molecule has 0 atom stereocenters. The van der Waals surface area contributed by atoms with Gasteiger partial charge in [0.15, 0.2) is 0 Å². The Labute approximate surface area is 122 Å². The van der Waals surface area contributed by atoms with Gasteiger partial charge in [0.1, 0.15) is 9.88 Å². The van der Waals surface area contributed by atoms with Crippen molar-refractivity contribution in [2.24, 2.45) is 0 Å². The lowest BCUT2D eigenvalue weighted by atomic mass is 10.2. The number of hydrogen-bond donors (Lipinski definition) is 1. The Hall–Kier alpha value is -0.910. The predicted octanol–water partition coefficient (Wildman–Crippen LogP) is 4.49. The predicted molar refractivity (Wildman–Crippen MR) is 76.6 cm³/mol. The van der Waals surface area contributed by atoms with Crippen molar-refractivity contribution >= 4 is 44.8 Å². The van der Waals surface area contributed by atoms with Gasteiger partial charge in [-0.05, 0) is 24.6 Å². The van der Waals surface area contributed by atoms with E-state index in [1.54, 1.807) is 6.07 Å². The lowest BCUT2D eigenvalue weighted by Gasteiger charge is -2.00. The van der Waals surface area contributed by atoms with Crippen molar-refractivity contribution in [2.45, 2.75) is 13.3 Å². The van der Waals surface area contributed by atoms with Crippen molar-refractivity contribution in [1.29, 1.82) is 0 Å². The average Bonchev–Trinajstić information content (AvgIpc) is 2.76. The molecule has 0 aliphatic carbocycles. The van der Waals surface area contributed by atoms with Gasteiger partial charge in [0.2, 0.25) is 0 Å². The summed E-state index contributed by atoms with van der Waals surface area (Å²) in [6.07, 6.45) is 0.587. The van der Waals surface area contributed by atoms with E-state index >= 15 is 0 Å². The summed E-state index contributed by atoms with van der Waals surface area (Å²) in [5.41, 5.74) is 1.34. The second-order valence-electron chi connectivity index (χ2n) is 3.58. The van der Waals surface area contributed by atoms with Crippen LogP contribution < -0.4 is 0 Å². The minimum absolute atomic E-state index is 0.281. The number of thiazole rings is 1. The van der Waals surface area contributed by atoms with Crippen molar-refractivity contribution in [3.8, 4) is 10.6 Å². The number of carboxylic acid groups (broad SMARTS) is 1. The van der Waals surface area contributed by atoms with Crippen LogP contribution in [0.4, 0.5) is 0 Å². The number of hydrogen-bond acceptors (Lipinski definition) is 3. The van der Waals surface area contributed by atoms with Crippen molar-refractivity contribution < 1.29 is 9.90 Å². The maximum Gasteiger partial charge on any atom is 0.347 e. The summed E-state index contributed by atoms with van der Waals surface area (Å²) in [5.74, 6) is -0.943. The van der Waals surface area contributed by atoms with Gasteiger partial charge in [-0.3, -0.25) is 0 Å². The first kappa shape index (κ1) is 13.5. The molecule has 0 fully saturated rings. The molecule has 0 radical (unpaired) electrons. The molecule has 2 rings (SSSR count). The Morgan fingerprint density at radius 1 is 1.56 bits per heavy atom. The highest BCUT2D eigenvalue weighted by molar-refractivity contribution is 9.10. The van der Waals surface area contributed by atoms with Crippen LogP contribution in [0.5, 0.6) is 0 Å². The Balaban J connectivity index is 2.57. The van der Waals surface area contributed by atoms with E-state index in [9.17, 15) is 4.79 Å². The normalized spacial score (nSPS) is 10.6. The number of nitrogens with zero attached hydrogens (tertiary/aromatic N) is 1. The van der Waals surface area contributed by atoms with Crippen molar-refractivity contribution in [3.05, 3.63) is 38.3 Å². The Morgan fingerprint density at radius 3 is 2.83 bits per heavy atom. The average molecular weight is 347 g/mol. The van der Waals surface area contributed by atoms with Gasteiger partial charge in [-0.1, -0.05) is 34.5 Å². The lowest BCUT2D eigenvalue weighted by molar-refractivity contribution is 0.0701. The van der Waals surface area contributed by atoms with Crippen molar-refractivity contribution in [3.63, 3.8) is 0 Å². The van der Waals surface area contributed by atoms with Gasteiger partial charge in [0, 0.05) is 10.0 Å². The smallest absolute Gasteiger partial charge is 0.347 e. The minimum Gasteiger partial charge on any atom is -0.477 e. The summed E-state index contributed by atoms with van der Waals surface area (Å²) >= 11 is 10.6. The fraction of sp³-hybridized carbons (Fsp3) is 0.167. The highest BCUT2D eigenvalue weighted by Crippen LogP contribution is 2.35. The van der Waals surface area contributed by atoms with Gasteiger partial charge in [-0.15, -0.1) is 11.3 Å². The van der Waals surface area contributed by atoms with Crippen LogP contribution >= 0.6 is 38.9 Å². The van der Waals surface area contributed by atoms with Crippen molar-refractivity contribution in [2.75, 3.05) is 0 Å². The topological polar surface area (TPSA) is 50.2 Å². The van der Waals surface area contributed by atoms with Crippen molar-refractivity contribution in [1.82, 2.24) is 4.98 Å². The second-order valence-corrected chi connectivity index (χ2v) is 5.90. The molecule has 0 saturated heterocycles. The first-order valence-electron chi connectivity index (χ1n) is 5.21. The molecule has 6 heteroatoms. The molecule has 18 heavy (non-hydrogen) atoms. The van der Waals surface area contributed by atoms with Gasteiger partial charge in [0.25, 0.3) is 0 Å². The van der Waals surface area contributed by atoms with Crippen LogP contribution in [0.2, 0.25) is 5.02 Å². The maximum atomic E-state index is 11.1. The molecule has 1 aromatic carbocycles. The molecule has 0 spiro atoms. The van der Waals surface area contributed by atoms with E-state index in [2.05, 4.69) is 20.9 Å². The number of aromatic nitrogens is 1. The lowest BCUT2D eigenvalue weighted by Crippen LogP contribution is -1.97. The summed E-state index contributed by atoms with van der Waals surface area (Å²) < 4.78 is 0.882. The minimum atomic E-state index is -0.943. The summed E-state index contributed by atoms with van der Waals surface area (Å²) in [6.45, 7) is 1.88. The zero-order valence-electron chi connectivity index (χ0n) is 9.41. The van der Waals surface area contributed by atoms with E-state index in [1.165, 1.54) is 0 Å². The zero-order chi connectivity index (χ0) is 13.3. The number of halogens is 2. The quantitative estimate of drug-likeness (QED) is 0.891. The number of aryl methyl sites for hydroxylation is 1. The van der Waals surface area contributed by atoms with E-state index in [0.29, 0.717) is 22.1 Å². The molecule has 0 aliphatic rings. The number of aromatic carboxylic acids is 1. The molecule has 0 unspecified atom stereocenters. The number of carboxylic acids is 1. The largest absolute Gasteiger partial charge is 0.477 e. The first-order chi connectivity index (χ1) is 8.52. The Morgan fingerprint density at radius 2 is 2.28 bits per heavy atom.